The molecule has 0 atom stereocenters. The molecular formula is C11H8INO4S2. The summed E-state index contributed by atoms with van der Waals surface area (Å²) in [5, 5.41) is 10.1. The van der Waals surface area contributed by atoms with Crippen LogP contribution in [-0.4, -0.2) is 19.5 Å². The SMILES string of the molecule is O=C(O)c1cc(S(=O)(=O)Nc2ccc(I)cc2)cs1. The van der Waals surface area contributed by atoms with Crippen molar-refractivity contribution >= 4 is 55.6 Å². The van der Waals surface area contributed by atoms with Crippen molar-refractivity contribution < 1.29 is 18.3 Å². The summed E-state index contributed by atoms with van der Waals surface area (Å²) in [6.07, 6.45) is 0. The van der Waals surface area contributed by atoms with Crippen LogP contribution in [0.25, 0.3) is 0 Å². The minimum atomic E-state index is -3.74. The second-order valence-electron chi connectivity index (χ2n) is 3.56. The number of nitrogens with one attached hydrogen (secondary N) is 1. The second kappa shape index (κ2) is 5.47. The highest BCUT2D eigenvalue weighted by Gasteiger charge is 2.18. The summed E-state index contributed by atoms with van der Waals surface area (Å²) >= 11 is 2.99. The first-order chi connectivity index (χ1) is 8.88. The van der Waals surface area contributed by atoms with E-state index in [0.717, 1.165) is 21.0 Å². The van der Waals surface area contributed by atoms with Crippen molar-refractivity contribution in [1.29, 1.82) is 0 Å². The lowest BCUT2D eigenvalue weighted by atomic mass is 10.3. The van der Waals surface area contributed by atoms with E-state index in [-0.39, 0.29) is 9.77 Å². The molecule has 0 unspecified atom stereocenters. The first-order valence-corrected chi connectivity index (χ1v) is 8.43. The van der Waals surface area contributed by atoms with E-state index in [4.69, 9.17) is 5.11 Å². The maximum absolute atomic E-state index is 12.0. The van der Waals surface area contributed by atoms with Crippen LogP contribution in [0.4, 0.5) is 5.69 Å². The fraction of sp³-hybridized carbons (Fsp3) is 0. The summed E-state index contributed by atoms with van der Waals surface area (Å²) < 4.78 is 27.4. The molecule has 1 aromatic carbocycles. The number of hydrogen-bond acceptors (Lipinski definition) is 4. The maximum Gasteiger partial charge on any atom is 0.345 e. The predicted molar refractivity (Wildman–Crippen MR) is 81.2 cm³/mol. The molecule has 5 nitrogen and oxygen atoms in total. The zero-order valence-corrected chi connectivity index (χ0v) is 13.1. The van der Waals surface area contributed by atoms with Gasteiger partial charge in [-0.05, 0) is 52.9 Å². The van der Waals surface area contributed by atoms with Gasteiger partial charge in [0, 0.05) is 14.6 Å². The van der Waals surface area contributed by atoms with Crippen LogP contribution in [0.2, 0.25) is 0 Å². The van der Waals surface area contributed by atoms with E-state index in [2.05, 4.69) is 27.3 Å². The van der Waals surface area contributed by atoms with Gasteiger partial charge < -0.3 is 5.11 Å². The summed E-state index contributed by atoms with van der Waals surface area (Å²) in [5.74, 6) is -1.14. The topological polar surface area (TPSA) is 83.5 Å². The van der Waals surface area contributed by atoms with Gasteiger partial charge in [-0.1, -0.05) is 0 Å². The lowest BCUT2D eigenvalue weighted by molar-refractivity contribution is 0.0702. The molecule has 0 saturated heterocycles. The van der Waals surface area contributed by atoms with Gasteiger partial charge in [-0.25, -0.2) is 13.2 Å². The van der Waals surface area contributed by atoms with E-state index in [9.17, 15) is 13.2 Å². The smallest absolute Gasteiger partial charge is 0.345 e. The standard InChI is InChI=1S/C11H8INO4S2/c12-7-1-3-8(4-2-7)13-19(16,17)9-5-10(11(14)15)18-6-9/h1-6,13H,(H,14,15). The Morgan fingerprint density at radius 2 is 1.89 bits per heavy atom. The molecule has 0 saturated carbocycles. The number of benzene rings is 1. The number of carboxylic acid groups (broad SMARTS) is 1. The molecule has 0 amide bonds. The van der Waals surface area contributed by atoms with E-state index >= 15 is 0 Å². The van der Waals surface area contributed by atoms with Gasteiger partial charge >= 0.3 is 5.97 Å². The molecule has 19 heavy (non-hydrogen) atoms. The maximum atomic E-state index is 12.0. The van der Waals surface area contributed by atoms with Crippen molar-refractivity contribution in [2.75, 3.05) is 4.72 Å². The third kappa shape index (κ3) is 3.45. The largest absolute Gasteiger partial charge is 0.477 e. The molecule has 0 fully saturated rings. The first kappa shape index (κ1) is 14.3. The highest BCUT2D eigenvalue weighted by Crippen LogP contribution is 2.22. The number of anilines is 1. The fourth-order valence-corrected chi connectivity index (χ4v) is 3.83. The molecule has 8 heteroatoms. The van der Waals surface area contributed by atoms with Gasteiger partial charge in [0.05, 0.1) is 4.90 Å². The van der Waals surface area contributed by atoms with Crippen molar-refractivity contribution in [2.45, 2.75) is 4.90 Å². The third-order valence-electron chi connectivity index (χ3n) is 2.19. The molecule has 2 aromatic rings. The van der Waals surface area contributed by atoms with Crippen LogP contribution in [0.5, 0.6) is 0 Å². The van der Waals surface area contributed by atoms with Crippen molar-refractivity contribution in [2.24, 2.45) is 0 Å². The molecule has 0 aliphatic heterocycles. The number of sulfonamides is 1. The zero-order valence-electron chi connectivity index (χ0n) is 9.33. The van der Waals surface area contributed by atoms with E-state index < -0.39 is 16.0 Å². The molecule has 100 valence electrons. The molecule has 0 spiro atoms. The van der Waals surface area contributed by atoms with Gasteiger partial charge in [-0.3, -0.25) is 4.72 Å². The molecular weight excluding hydrogens is 401 g/mol. The van der Waals surface area contributed by atoms with Crippen molar-refractivity contribution in [3.05, 3.63) is 44.2 Å². The number of rotatable bonds is 4. The molecule has 0 aliphatic carbocycles. The number of halogens is 1. The molecule has 1 aromatic heterocycles. The summed E-state index contributed by atoms with van der Waals surface area (Å²) in [5.41, 5.74) is 0.434. The van der Waals surface area contributed by atoms with E-state index in [1.807, 2.05) is 0 Å². The van der Waals surface area contributed by atoms with Crippen LogP contribution in [0.3, 0.4) is 0 Å². The van der Waals surface area contributed by atoms with Gasteiger partial charge in [0.2, 0.25) is 0 Å². The Morgan fingerprint density at radius 3 is 2.42 bits per heavy atom. The first-order valence-electron chi connectivity index (χ1n) is 4.99. The van der Waals surface area contributed by atoms with Crippen LogP contribution < -0.4 is 4.72 Å². The van der Waals surface area contributed by atoms with Gasteiger partial charge in [-0.15, -0.1) is 11.3 Å². The minimum Gasteiger partial charge on any atom is -0.477 e. The Labute approximate surface area is 127 Å². The van der Waals surface area contributed by atoms with Gasteiger partial charge in [0.25, 0.3) is 10.0 Å². The number of hydrogen-bond donors (Lipinski definition) is 2. The quantitative estimate of drug-likeness (QED) is 0.761. The summed E-state index contributed by atoms with van der Waals surface area (Å²) in [4.78, 5) is 10.7. The third-order valence-corrected chi connectivity index (χ3v) is 5.34. The van der Waals surface area contributed by atoms with Gasteiger partial charge in [0.1, 0.15) is 4.88 Å². The average molecular weight is 409 g/mol. The van der Waals surface area contributed by atoms with Crippen molar-refractivity contribution in [3.63, 3.8) is 0 Å². The van der Waals surface area contributed by atoms with Crippen LogP contribution in [-0.2, 0) is 10.0 Å². The Hall–Kier alpha value is -1.13. The zero-order chi connectivity index (χ0) is 14.0. The Balaban J connectivity index is 2.26. The normalized spacial score (nSPS) is 11.2. The highest BCUT2D eigenvalue weighted by atomic mass is 127. The minimum absolute atomic E-state index is 0.0111. The number of thiophene rings is 1. The highest BCUT2D eigenvalue weighted by molar-refractivity contribution is 14.1. The van der Waals surface area contributed by atoms with E-state index in [1.54, 1.807) is 24.3 Å². The monoisotopic (exact) mass is 409 g/mol. The lowest BCUT2D eigenvalue weighted by Crippen LogP contribution is -2.12. The number of carboxylic acids is 1. The summed E-state index contributed by atoms with van der Waals surface area (Å²) in [6.45, 7) is 0. The molecule has 2 rings (SSSR count). The Kier molecular flexibility index (Phi) is 4.11. The second-order valence-corrected chi connectivity index (χ2v) is 7.40. The Morgan fingerprint density at radius 1 is 1.26 bits per heavy atom. The fourth-order valence-electron chi connectivity index (χ4n) is 1.30. The molecule has 0 aliphatic rings. The molecule has 0 bridgehead atoms. The number of aromatic carboxylic acids is 1. The molecule has 1 heterocycles. The number of carbonyl (C=O) groups is 1. The molecule has 0 radical (unpaired) electrons. The average Bonchev–Trinajstić information content (AvgIpc) is 2.82. The lowest BCUT2D eigenvalue weighted by Gasteiger charge is -2.06. The van der Waals surface area contributed by atoms with E-state index in [0.29, 0.717) is 5.69 Å². The Bertz CT molecular complexity index is 707. The van der Waals surface area contributed by atoms with Crippen LogP contribution in [0.15, 0.2) is 40.6 Å². The van der Waals surface area contributed by atoms with Gasteiger partial charge in [0.15, 0.2) is 0 Å². The predicted octanol–water partition coefficient (Wildman–Crippen LogP) is 2.85. The van der Waals surface area contributed by atoms with Crippen LogP contribution in [0, 0.1) is 3.57 Å². The van der Waals surface area contributed by atoms with E-state index in [1.165, 1.54) is 5.38 Å². The van der Waals surface area contributed by atoms with Crippen molar-refractivity contribution in [3.8, 4) is 0 Å². The van der Waals surface area contributed by atoms with Crippen LogP contribution >= 0.6 is 33.9 Å². The molecule has 2 N–H and O–H groups in total. The van der Waals surface area contributed by atoms with Gasteiger partial charge in [-0.2, -0.15) is 0 Å². The summed E-state index contributed by atoms with van der Waals surface area (Å²) in [6, 6.07) is 7.97. The summed E-state index contributed by atoms with van der Waals surface area (Å²) in [7, 11) is -3.74. The van der Waals surface area contributed by atoms with Crippen molar-refractivity contribution in [1.82, 2.24) is 0 Å². The van der Waals surface area contributed by atoms with Crippen LogP contribution in [0.1, 0.15) is 9.67 Å².